The smallest absolute Gasteiger partial charge is 0.195 e. The molecule has 13 heavy (non-hydrogen) atoms. The van der Waals surface area contributed by atoms with E-state index < -0.39 is 0 Å². The van der Waals surface area contributed by atoms with Gasteiger partial charge in [-0.2, -0.15) is 0 Å². The molecule has 1 aromatic heterocycles. The number of aryl methyl sites for hydroxylation is 2. The van der Waals surface area contributed by atoms with Crippen LogP contribution in [0.1, 0.15) is 18.4 Å². The summed E-state index contributed by atoms with van der Waals surface area (Å²) in [7, 11) is 0. The standard InChI is InChI=1S/C10H10ClNO/c1-3-9-12-10-6(2)4-7(11)5-8(10)13-9/h4-5H,3H2,1-2H3. The Morgan fingerprint density at radius 2 is 2.23 bits per heavy atom. The molecule has 1 heterocycles. The third-order valence-electron chi connectivity index (χ3n) is 2.00. The molecule has 0 bridgehead atoms. The van der Waals surface area contributed by atoms with Crippen molar-refractivity contribution in [1.82, 2.24) is 4.98 Å². The van der Waals surface area contributed by atoms with Gasteiger partial charge in [-0.05, 0) is 18.6 Å². The van der Waals surface area contributed by atoms with Gasteiger partial charge in [0, 0.05) is 17.5 Å². The van der Waals surface area contributed by atoms with Gasteiger partial charge in [0.1, 0.15) is 5.52 Å². The predicted octanol–water partition coefficient (Wildman–Crippen LogP) is 3.35. The third kappa shape index (κ3) is 1.42. The van der Waals surface area contributed by atoms with Crippen LogP contribution in [0.25, 0.3) is 11.1 Å². The Morgan fingerprint density at radius 1 is 1.46 bits per heavy atom. The lowest BCUT2D eigenvalue weighted by atomic mass is 10.2. The Hall–Kier alpha value is -1.02. The molecule has 3 heteroatoms. The molecule has 0 saturated heterocycles. The zero-order valence-electron chi connectivity index (χ0n) is 7.60. The van der Waals surface area contributed by atoms with Crippen molar-refractivity contribution in [3.8, 4) is 0 Å². The number of fused-ring (bicyclic) bond motifs is 1. The van der Waals surface area contributed by atoms with E-state index in [1.165, 1.54) is 0 Å². The number of halogens is 1. The Bertz CT molecular complexity index is 447. The largest absolute Gasteiger partial charge is 0.441 e. The molecule has 0 aliphatic heterocycles. The Labute approximate surface area is 81.5 Å². The van der Waals surface area contributed by atoms with Crippen LogP contribution in [0.3, 0.4) is 0 Å². The van der Waals surface area contributed by atoms with Crippen molar-refractivity contribution in [1.29, 1.82) is 0 Å². The second-order valence-corrected chi connectivity index (χ2v) is 3.47. The molecule has 2 rings (SSSR count). The average molecular weight is 196 g/mol. The van der Waals surface area contributed by atoms with Gasteiger partial charge >= 0.3 is 0 Å². The first-order chi connectivity index (χ1) is 6.20. The minimum absolute atomic E-state index is 0.698. The second-order valence-electron chi connectivity index (χ2n) is 3.03. The minimum Gasteiger partial charge on any atom is -0.441 e. The van der Waals surface area contributed by atoms with Crippen LogP contribution < -0.4 is 0 Å². The first kappa shape index (κ1) is 8.57. The van der Waals surface area contributed by atoms with Crippen LogP contribution in [-0.4, -0.2) is 4.98 Å². The molecule has 0 unspecified atom stereocenters. The molecule has 0 aliphatic carbocycles. The average Bonchev–Trinajstić information content (AvgIpc) is 2.47. The predicted molar refractivity (Wildman–Crippen MR) is 53.1 cm³/mol. The van der Waals surface area contributed by atoms with Crippen molar-refractivity contribution in [3.63, 3.8) is 0 Å². The summed E-state index contributed by atoms with van der Waals surface area (Å²) < 4.78 is 5.48. The van der Waals surface area contributed by atoms with Crippen LogP contribution in [0.4, 0.5) is 0 Å². The molecule has 2 aromatic rings. The minimum atomic E-state index is 0.698. The normalized spacial score (nSPS) is 11.0. The summed E-state index contributed by atoms with van der Waals surface area (Å²) in [5.74, 6) is 0.764. The van der Waals surface area contributed by atoms with Gasteiger partial charge in [0.05, 0.1) is 0 Å². The molecule has 0 aliphatic rings. The highest BCUT2D eigenvalue weighted by molar-refractivity contribution is 6.31. The first-order valence-electron chi connectivity index (χ1n) is 4.26. The summed E-state index contributed by atoms with van der Waals surface area (Å²) in [6.07, 6.45) is 0.811. The van der Waals surface area contributed by atoms with E-state index in [0.29, 0.717) is 5.02 Å². The fourth-order valence-corrected chi connectivity index (χ4v) is 1.61. The summed E-state index contributed by atoms with van der Waals surface area (Å²) in [5, 5.41) is 0.698. The van der Waals surface area contributed by atoms with Crippen LogP contribution in [0.15, 0.2) is 16.5 Å². The van der Waals surface area contributed by atoms with Gasteiger partial charge in [-0.1, -0.05) is 18.5 Å². The van der Waals surface area contributed by atoms with E-state index in [9.17, 15) is 0 Å². The number of rotatable bonds is 1. The lowest BCUT2D eigenvalue weighted by Gasteiger charge is -1.93. The molecule has 0 atom stereocenters. The Balaban J connectivity index is 2.75. The summed E-state index contributed by atoms with van der Waals surface area (Å²) in [5.41, 5.74) is 2.76. The quantitative estimate of drug-likeness (QED) is 0.698. The van der Waals surface area contributed by atoms with E-state index in [2.05, 4.69) is 4.98 Å². The third-order valence-corrected chi connectivity index (χ3v) is 2.22. The Kier molecular flexibility index (Phi) is 2.00. The number of hydrogen-bond donors (Lipinski definition) is 0. The highest BCUT2D eigenvalue weighted by Gasteiger charge is 2.07. The molecule has 2 nitrogen and oxygen atoms in total. The summed E-state index contributed by atoms with van der Waals surface area (Å²) >= 11 is 5.89. The van der Waals surface area contributed by atoms with E-state index in [0.717, 1.165) is 29.0 Å². The van der Waals surface area contributed by atoms with Crippen LogP contribution in [-0.2, 0) is 6.42 Å². The number of oxazole rings is 1. The highest BCUT2D eigenvalue weighted by Crippen LogP contribution is 2.23. The van der Waals surface area contributed by atoms with E-state index in [1.807, 2.05) is 19.9 Å². The molecule has 0 saturated carbocycles. The van der Waals surface area contributed by atoms with E-state index >= 15 is 0 Å². The van der Waals surface area contributed by atoms with Crippen LogP contribution in [0.2, 0.25) is 5.02 Å². The molecule has 68 valence electrons. The number of hydrogen-bond acceptors (Lipinski definition) is 2. The van der Waals surface area contributed by atoms with Gasteiger partial charge in [-0.3, -0.25) is 0 Å². The van der Waals surface area contributed by atoms with Gasteiger partial charge in [0.2, 0.25) is 0 Å². The molecule has 0 spiro atoms. The van der Waals surface area contributed by atoms with Crippen molar-refractivity contribution >= 4 is 22.7 Å². The Morgan fingerprint density at radius 3 is 2.92 bits per heavy atom. The monoisotopic (exact) mass is 195 g/mol. The highest BCUT2D eigenvalue weighted by atomic mass is 35.5. The van der Waals surface area contributed by atoms with Crippen molar-refractivity contribution in [3.05, 3.63) is 28.6 Å². The topological polar surface area (TPSA) is 26.0 Å². The van der Waals surface area contributed by atoms with E-state index in [4.69, 9.17) is 16.0 Å². The molecule has 1 aromatic carbocycles. The van der Waals surface area contributed by atoms with E-state index in [-0.39, 0.29) is 0 Å². The first-order valence-corrected chi connectivity index (χ1v) is 4.64. The van der Waals surface area contributed by atoms with Crippen LogP contribution >= 0.6 is 11.6 Å². The summed E-state index contributed by atoms with van der Waals surface area (Å²) in [6, 6.07) is 3.70. The lowest BCUT2D eigenvalue weighted by molar-refractivity contribution is 0.538. The maximum absolute atomic E-state index is 5.89. The van der Waals surface area contributed by atoms with Gasteiger partial charge in [0.15, 0.2) is 11.5 Å². The molecule has 0 fully saturated rings. The van der Waals surface area contributed by atoms with Crippen molar-refractivity contribution in [2.45, 2.75) is 20.3 Å². The van der Waals surface area contributed by atoms with Gasteiger partial charge in [0.25, 0.3) is 0 Å². The maximum Gasteiger partial charge on any atom is 0.195 e. The zero-order valence-corrected chi connectivity index (χ0v) is 8.35. The number of nitrogens with zero attached hydrogens (tertiary/aromatic N) is 1. The molecule has 0 amide bonds. The SMILES string of the molecule is CCc1nc2c(C)cc(Cl)cc2o1. The van der Waals surface area contributed by atoms with Gasteiger partial charge in [-0.15, -0.1) is 0 Å². The maximum atomic E-state index is 5.89. The fraction of sp³-hybridized carbons (Fsp3) is 0.300. The molecular formula is C10H10ClNO. The van der Waals surface area contributed by atoms with Gasteiger partial charge < -0.3 is 4.42 Å². The molecule has 0 N–H and O–H groups in total. The van der Waals surface area contributed by atoms with Crippen molar-refractivity contribution in [2.75, 3.05) is 0 Å². The fourth-order valence-electron chi connectivity index (χ4n) is 1.35. The molecule has 0 radical (unpaired) electrons. The summed E-state index contributed by atoms with van der Waals surface area (Å²) in [4.78, 5) is 4.35. The van der Waals surface area contributed by atoms with Crippen molar-refractivity contribution in [2.24, 2.45) is 0 Å². The number of benzene rings is 1. The van der Waals surface area contributed by atoms with Crippen LogP contribution in [0.5, 0.6) is 0 Å². The summed E-state index contributed by atoms with van der Waals surface area (Å²) in [6.45, 7) is 4.00. The van der Waals surface area contributed by atoms with E-state index in [1.54, 1.807) is 6.07 Å². The van der Waals surface area contributed by atoms with Gasteiger partial charge in [-0.25, -0.2) is 4.98 Å². The second kappa shape index (κ2) is 3.04. The van der Waals surface area contributed by atoms with Crippen LogP contribution in [0, 0.1) is 6.92 Å². The lowest BCUT2D eigenvalue weighted by Crippen LogP contribution is -1.78. The number of aromatic nitrogens is 1. The molecular weight excluding hydrogens is 186 g/mol. The zero-order chi connectivity index (χ0) is 9.42. The van der Waals surface area contributed by atoms with Crippen molar-refractivity contribution < 1.29 is 4.42 Å².